The third kappa shape index (κ3) is 13.0. The summed E-state index contributed by atoms with van der Waals surface area (Å²) in [7, 11) is 0. The lowest BCUT2D eigenvalue weighted by Gasteiger charge is -2.39. The topological polar surface area (TPSA) is 209 Å². The summed E-state index contributed by atoms with van der Waals surface area (Å²) in [5.41, 5.74) is 1.21. The normalized spacial score (nSPS) is 12.6. The number of carboxylic acid groups (broad SMARTS) is 5. The summed E-state index contributed by atoms with van der Waals surface area (Å²) in [6.45, 7) is -1.71. The van der Waals surface area contributed by atoms with Gasteiger partial charge in [0.05, 0.1) is 43.6 Å². The van der Waals surface area contributed by atoms with E-state index in [2.05, 4.69) is 22.4 Å². The number of hydrogen-bond acceptors (Lipinski definition) is 10. The zero-order valence-electron chi connectivity index (χ0n) is 20.6. The van der Waals surface area contributed by atoms with Crippen molar-refractivity contribution in [3.05, 3.63) is 29.8 Å². The zero-order chi connectivity index (χ0) is 28.8. The quantitative estimate of drug-likeness (QED) is 0.113. The Morgan fingerprint density at radius 3 is 1.58 bits per heavy atom. The molecule has 0 spiro atoms. The van der Waals surface area contributed by atoms with E-state index in [4.69, 9.17) is 10.2 Å². The molecule has 15 heteroatoms. The molecule has 14 nitrogen and oxygen atoms in total. The van der Waals surface area contributed by atoms with Gasteiger partial charge < -0.3 is 25.5 Å². The lowest BCUT2D eigenvalue weighted by Crippen LogP contribution is -2.55. The van der Waals surface area contributed by atoms with E-state index in [9.17, 15) is 39.3 Å². The van der Waals surface area contributed by atoms with Crippen molar-refractivity contribution in [3.8, 4) is 0 Å². The molecule has 0 aliphatic heterocycles. The summed E-state index contributed by atoms with van der Waals surface area (Å²) in [4.78, 5) is 64.6. The first-order valence-corrected chi connectivity index (χ1v) is 11.7. The monoisotopic (exact) mass is 554 g/mol. The Hall–Kier alpha value is -3.75. The SMILES string of the molecule is C[C@@H](CN(CC(=O)O)CC(=O)O)N(CC(=O)O)[C@H](Cc1ccc(N=C=S)cc1)CN(CC(=O)O)CC(=O)O. The number of rotatable bonds is 19. The molecule has 0 aromatic heterocycles. The van der Waals surface area contributed by atoms with Crippen LogP contribution in [0.3, 0.4) is 0 Å². The van der Waals surface area contributed by atoms with Crippen molar-refractivity contribution in [2.24, 2.45) is 4.99 Å². The van der Waals surface area contributed by atoms with Crippen LogP contribution >= 0.6 is 12.2 Å². The standard InChI is InChI=1S/C23H30N4O10S/c1-15(7-25(9-19(28)29)10-20(30)31)27(13-23(36)37)18(8-26(11-21(32)33)12-22(34)35)6-16-2-4-17(5-3-16)24-14-38/h2-5,15,18H,6-13H2,1H3,(H,28,29)(H,30,31)(H,32,33)(H,34,35)(H,36,37)/t15-,18+/m0/s1. The van der Waals surface area contributed by atoms with Crippen LogP contribution in [0.15, 0.2) is 29.3 Å². The Morgan fingerprint density at radius 1 is 0.763 bits per heavy atom. The van der Waals surface area contributed by atoms with Gasteiger partial charge in [0.25, 0.3) is 0 Å². The summed E-state index contributed by atoms with van der Waals surface area (Å²) in [6.07, 6.45) is 0.160. The van der Waals surface area contributed by atoms with Crippen LogP contribution in [-0.4, -0.2) is 133 Å². The van der Waals surface area contributed by atoms with Crippen molar-refractivity contribution in [3.63, 3.8) is 0 Å². The van der Waals surface area contributed by atoms with Crippen molar-refractivity contribution in [1.29, 1.82) is 0 Å². The van der Waals surface area contributed by atoms with Gasteiger partial charge >= 0.3 is 29.8 Å². The molecule has 0 fully saturated rings. The van der Waals surface area contributed by atoms with Gasteiger partial charge in [-0.1, -0.05) is 12.1 Å². The van der Waals surface area contributed by atoms with Crippen LogP contribution in [0.2, 0.25) is 0 Å². The third-order valence-electron chi connectivity index (χ3n) is 5.36. The Balaban J connectivity index is 3.42. The minimum absolute atomic E-state index is 0.136. The molecule has 2 atom stereocenters. The molecule has 0 heterocycles. The van der Waals surface area contributed by atoms with Gasteiger partial charge in [-0.2, -0.15) is 4.99 Å². The van der Waals surface area contributed by atoms with Crippen LogP contribution in [0.1, 0.15) is 12.5 Å². The van der Waals surface area contributed by atoms with Crippen LogP contribution < -0.4 is 0 Å². The van der Waals surface area contributed by atoms with Gasteiger partial charge in [0.2, 0.25) is 0 Å². The fraction of sp³-hybridized carbons (Fsp3) is 0.478. The number of benzene rings is 1. The van der Waals surface area contributed by atoms with E-state index in [1.807, 2.05) is 0 Å². The van der Waals surface area contributed by atoms with E-state index < -0.39 is 74.7 Å². The lowest BCUT2D eigenvalue weighted by molar-refractivity contribution is -0.144. The number of carboxylic acids is 5. The molecule has 1 rings (SSSR count). The molecule has 208 valence electrons. The minimum atomic E-state index is -1.28. The van der Waals surface area contributed by atoms with Gasteiger partial charge in [0.1, 0.15) is 0 Å². The first-order valence-electron chi connectivity index (χ1n) is 11.3. The molecule has 0 radical (unpaired) electrons. The van der Waals surface area contributed by atoms with E-state index in [-0.39, 0.29) is 19.5 Å². The summed E-state index contributed by atoms with van der Waals surface area (Å²) in [6, 6.07) is 5.21. The van der Waals surface area contributed by atoms with Gasteiger partial charge in [-0.25, -0.2) is 0 Å². The first-order chi connectivity index (χ1) is 17.8. The second kappa shape index (κ2) is 16.2. The van der Waals surface area contributed by atoms with E-state index in [0.717, 1.165) is 9.80 Å². The molecule has 0 amide bonds. The zero-order valence-corrected chi connectivity index (χ0v) is 21.4. The van der Waals surface area contributed by atoms with Crippen LogP contribution in [0.5, 0.6) is 0 Å². The Kier molecular flexibility index (Phi) is 13.7. The maximum absolute atomic E-state index is 11.8. The van der Waals surface area contributed by atoms with Gasteiger partial charge in [0, 0.05) is 25.2 Å². The number of hydrogen-bond donors (Lipinski definition) is 5. The van der Waals surface area contributed by atoms with Crippen LogP contribution in [-0.2, 0) is 30.4 Å². The number of carbonyl (C=O) groups is 5. The van der Waals surface area contributed by atoms with Crippen LogP contribution in [0, 0.1) is 0 Å². The second-order valence-electron chi connectivity index (χ2n) is 8.56. The molecular formula is C23H30N4O10S. The maximum atomic E-state index is 11.8. The fourth-order valence-electron chi connectivity index (χ4n) is 4.03. The predicted molar refractivity (Wildman–Crippen MR) is 136 cm³/mol. The van der Waals surface area contributed by atoms with Crippen molar-refractivity contribution in [2.75, 3.05) is 45.8 Å². The Bertz CT molecular complexity index is 1010. The fourth-order valence-corrected chi connectivity index (χ4v) is 4.14. The number of aliphatic imine (C=N–C) groups is 1. The van der Waals surface area contributed by atoms with E-state index in [0.29, 0.717) is 11.3 Å². The molecule has 0 bridgehead atoms. The smallest absolute Gasteiger partial charge is 0.317 e. The number of isothiocyanates is 1. The van der Waals surface area contributed by atoms with Crippen LogP contribution in [0.4, 0.5) is 5.69 Å². The maximum Gasteiger partial charge on any atom is 0.317 e. The van der Waals surface area contributed by atoms with Crippen molar-refractivity contribution < 1.29 is 49.5 Å². The summed E-state index contributed by atoms with van der Waals surface area (Å²) in [5.74, 6) is -6.34. The van der Waals surface area contributed by atoms with Gasteiger partial charge in [-0.05, 0) is 43.3 Å². The molecule has 5 N–H and O–H groups in total. The van der Waals surface area contributed by atoms with Gasteiger partial charge in [-0.3, -0.25) is 38.7 Å². The van der Waals surface area contributed by atoms with Crippen molar-refractivity contribution >= 4 is 52.9 Å². The molecule has 0 aliphatic rings. The second-order valence-corrected chi connectivity index (χ2v) is 8.74. The minimum Gasteiger partial charge on any atom is -0.480 e. The van der Waals surface area contributed by atoms with E-state index in [1.165, 1.54) is 4.90 Å². The Morgan fingerprint density at radius 2 is 1.18 bits per heavy atom. The summed E-state index contributed by atoms with van der Waals surface area (Å²) >= 11 is 4.58. The third-order valence-corrected chi connectivity index (χ3v) is 5.45. The number of nitrogens with zero attached hydrogens (tertiary/aromatic N) is 4. The van der Waals surface area contributed by atoms with Crippen molar-refractivity contribution in [1.82, 2.24) is 14.7 Å². The highest BCUT2D eigenvalue weighted by molar-refractivity contribution is 7.78. The summed E-state index contributed by atoms with van der Waals surface area (Å²) < 4.78 is 0. The molecule has 1 aromatic carbocycles. The molecular weight excluding hydrogens is 524 g/mol. The average molecular weight is 555 g/mol. The molecule has 0 unspecified atom stereocenters. The van der Waals surface area contributed by atoms with E-state index in [1.54, 1.807) is 31.2 Å². The highest BCUT2D eigenvalue weighted by Gasteiger charge is 2.31. The largest absolute Gasteiger partial charge is 0.480 e. The predicted octanol–water partition coefficient (Wildman–Crippen LogP) is 0.0495. The molecule has 0 aliphatic carbocycles. The highest BCUT2D eigenvalue weighted by Crippen LogP contribution is 2.18. The number of thiocarbonyl (C=S) groups is 1. The average Bonchev–Trinajstić information content (AvgIpc) is 2.76. The molecule has 0 saturated heterocycles. The van der Waals surface area contributed by atoms with Gasteiger partial charge in [0.15, 0.2) is 0 Å². The first kappa shape index (κ1) is 32.3. The van der Waals surface area contributed by atoms with Crippen molar-refractivity contribution in [2.45, 2.75) is 25.4 Å². The molecule has 0 saturated carbocycles. The van der Waals surface area contributed by atoms with E-state index >= 15 is 0 Å². The Labute approximate surface area is 223 Å². The molecule has 1 aromatic rings. The molecule has 38 heavy (non-hydrogen) atoms. The number of aliphatic carboxylic acids is 5. The van der Waals surface area contributed by atoms with Crippen LogP contribution in [0.25, 0.3) is 0 Å². The van der Waals surface area contributed by atoms with Gasteiger partial charge in [-0.15, -0.1) is 0 Å². The summed E-state index contributed by atoms with van der Waals surface area (Å²) in [5, 5.41) is 48.7. The lowest BCUT2D eigenvalue weighted by atomic mass is 10.0. The highest BCUT2D eigenvalue weighted by atomic mass is 32.1.